The minimum Gasteiger partial charge on any atom is -0.506 e. The summed E-state index contributed by atoms with van der Waals surface area (Å²) in [6.45, 7) is 7.18. The van der Waals surface area contributed by atoms with Crippen LogP contribution in [-0.4, -0.2) is 24.9 Å². The number of halogens is 1. The fourth-order valence-electron chi connectivity index (χ4n) is 4.15. The van der Waals surface area contributed by atoms with Crippen molar-refractivity contribution in [3.63, 3.8) is 0 Å². The molecule has 0 amide bonds. The second-order valence-corrected chi connectivity index (χ2v) is 7.36. The van der Waals surface area contributed by atoms with Crippen LogP contribution in [0.4, 0.5) is 15.9 Å². The van der Waals surface area contributed by atoms with Crippen molar-refractivity contribution in [2.75, 3.05) is 5.73 Å². The highest BCUT2D eigenvalue weighted by Crippen LogP contribution is 2.39. The number of fused-ring (bicyclic) bond motifs is 2. The first kappa shape index (κ1) is 18.1. The van der Waals surface area contributed by atoms with Crippen LogP contribution in [0.5, 0.6) is 5.75 Å². The fraction of sp³-hybridized carbons (Fsp3) is 0.182. The number of benzene rings is 2. The molecule has 1 atom stereocenters. The maximum absolute atomic E-state index is 14.0. The highest BCUT2D eigenvalue weighted by molar-refractivity contribution is 5.99. The average molecular weight is 400 g/mol. The lowest BCUT2D eigenvalue weighted by molar-refractivity contribution is 0.415. The largest absolute Gasteiger partial charge is 0.506 e. The zero-order valence-corrected chi connectivity index (χ0v) is 15.9. The predicted octanol–water partition coefficient (Wildman–Crippen LogP) is 4.20. The smallest absolute Gasteiger partial charge is 0.226 e. The van der Waals surface area contributed by atoms with E-state index in [2.05, 4.69) is 26.9 Å². The van der Waals surface area contributed by atoms with Gasteiger partial charge < -0.3 is 10.8 Å². The minimum absolute atomic E-state index is 0.0693. The number of anilines is 1. The summed E-state index contributed by atoms with van der Waals surface area (Å²) in [6.07, 6.45) is 4.01. The molecular weight excluding hydrogens is 383 g/mol. The summed E-state index contributed by atoms with van der Waals surface area (Å²) < 4.78 is 15.8. The van der Waals surface area contributed by atoms with Crippen LogP contribution in [-0.2, 0) is 12.8 Å². The van der Waals surface area contributed by atoms with Gasteiger partial charge in [0, 0.05) is 0 Å². The molecule has 0 spiro atoms. The number of aryl methyl sites for hydroxylation is 1. The van der Waals surface area contributed by atoms with Gasteiger partial charge in [0.25, 0.3) is 0 Å². The first-order valence-corrected chi connectivity index (χ1v) is 9.52. The van der Waals surface area contributed by atoms with Crippen LogP contribution in [0.25, 0.3) is 27.1 Å². The fourth-order valence-corrected chi connectivity index (χ4v) is 4.15. The van der Waals surface area contributed by atoms with Crippen molar-refractivity contribution in [3.05, 3.63) is 71.1 Å². The molecule has 0 saturated heterocycles. The summed E-state index contributed by atoms with van der Waals surface area (Å²) in [5.41, 5.74) is 9.87. The van der Waals surface area contributed by atoms with E-state index in [4.69, 9.17) is 17.4 Å². The number of aromatic nitrogens is 4. The second-order valence-electron chi connectivity index (χ2n) is 7.36. The van der Waals surface area contributed by atoms with Gasteiger partial charge in [-0.1, -0.05) is 24.3 Å². The Balaban J connectivity index is 1.69. The summed E-state index contributed by atoms with van der Waals surface area (Å²) >= 11 is 0. The third-order valence-corrected chi connectivity index (χ3v) is 5.61. The number of nitrogen functional groups attached to an aromatic ring is 1. The number of phenols is 1. The number of nitrogens with two attached hydrogens (primary N) is 1. The van der Waals surface area contributed by atoms with Crippen molar-refractivity contribution in [2.45, 2.75) is 25.3 Å². The standard InChI is InChI=1S/C22H17FN6O/c1-25-16-9-14(10-17(30)19(16)23)20-18-21(24)26-11-27-22(18)29(28-20)15-7-6-12-4-2-3-5-13(12)8-15/h2-5,9-11,15,30H,6-8H2,(H2,24,26,27). The lowest BCUT2D eigenvalue weighted by Crippen LogP contribution is -2.20. The van der Waals surface area contributed by atoms with Crippen molar-refractivity contribution in [3.8, 4) is 17.0 Å². The van der Waals surface area contributed by atoms with E-state index in [1.54, 1.807) is 0 Å². The van der Waals surface area contributed by atoms with E-state index in [1.807, 2.05) is 16.8 Å². The molecule has 0 saturated carbocycles. The molecule has 3 N–H and O–H groups in total. The second kappa shape index (κ2) is 6.81. The predicted molar refractivity (Wildman–Crippen MR) is 111 cm³/mol. The van der Waals surface area contributed by atoms with E-state index < -0.39 is 11.6 Å². The quantitative estimate of drug-likeness (QED) is 0.492. The maximum Gasteiger partial charge on any atom is 0.226 e. The van der Waals surface area contributed by atoms with Gasteiger partial charge in [-0.05, 0) is 48.1 Å². The van der Waals surface area contributed by atoms with Crippen LogP contribution in [0.2, 0.25) is 0 Å². The third-order valence-electron chi connectivity index (χ3n) is 5.61. The van der Waals surface area contributed by atoms with Gasteiger partial charge in [-0.15, -0.1) is 0 Å². The van der Waals surface area contributed by atoms with Gasteiger partial charge in [-0.2, -0.15) is 5.10 Å². The highest BCUT2D eigenvalue weighted by atomic mass is 19.1. The summed E-state index contributed by atoms with van der Waals surface area (Å²) in [5, 5.41) is 15.3. The topological polar surface area (TPSA) is 94.2 Å². The number of nitrogens with zero attached hydrogens (tertiary/aromatic N) is 5. The van der Waals surface area contributed by atoms with Gasteiger partial charge in [0.1, 0.15) is 23.6 Å². The van der Waals surface area contributed by atoms with Crippen molar-refractivity contribution in [2.24, 2.45) is 0 Å². The molecule has 0 aliphatic heterocycles. The zero-order chi connectivity index (χ0) is 20.8. The molecular formula is C22H17FN6O. The Kier molecular flexibility index (Phi) is 4.10. The molecule has 0 radical (unpaired) electrons. The summed E-state index contributed by atoms with van der Waals surface area (Å²) in [5.74, 6) is -1.32. The number of hydrogen-bond acceptors (Lipinski definition) is 5. The molecule has 8 heteroatoms. The average Bonchev–Trinajstić information content (AvgIpc) is 3.16. The van der Waals surface area contributed by atoms with E-state index in [0.717, 1.165) is 19.3 Å². The maximum atomic E-state index is 14.0. The number of phenolic OH excluding ortho intramolecular Hbond substituents is 1. The van der Waals surface area contributed by atoms with Crippen LogP contribution >= 0.6 is 0 Å². The monoisotopic (exact) mass is 400 g/mol. The van der Waals surface area contributed by atoms with E-state index in [0.29, 0.717) is 22.3 Å². The number of rotatable bonds is 2. The molecule has 148 valence electrons. The van der Waals surface area contributed by atoms with Crippen LogP contribution < -0.4 is 5.73 Å². The molecule has 7 nitrogen and oxygen atoms in total. The first-order valence-electron chi connectivity index (χ1n) is 9.52. The van der Waals surface area contributed by atoms with Crippen LogP contribution in [0, 0.1) is 12.4 Å². The van der Waals surface area contributed by atoms with Gasteiger partial charge in [0.15, 0.2) is 11.5 Å². The Bertz CT molecular complexity index is 1340. The molecule has 0 fully saturated rings. The minimum atomic E-state index is -0.953. The lowest BCUT2D eigenvalue weighted by Gasteiger charge is -2.25. The van der Waals surface area contributed by atoms with Crippen LogP contribution in [0.1, 0.15) is 23.6 Å². The van der Waals surface area contributed by atoms with Crippen LogP contribution in [0.15, 0.2) is 42.7 Å². The number of hydrogen-bond donors (Lipinski definition) is 2. The Morgan fingerprint density at radius 1 is 1.20 bits per heavy atom. The van der Waals surface area contributed by atoms with Crippen molar-refractivity contribution >= 4 is 22.5 Å². The molecule has 2 aromatic carbocycles. The summed E-state index contributed by atoms with van der Waals surface area (Å²) in [7, 11) is 0. The zero-order valence-electron chi connectivity index (χ0n) is 15.9. The normalized spacial score (nSPS) is 15.7. The first-order chi connectivity index (χ1) is 14.6. The third kappa shape index (κ3) is 2.75. The molecule has 30 heavy (non-hydrogen) atoms. The van der Waals surface area contributed by atoms with E-state index in [-0.39, 0.29) is 17.5 Å². The van der Waals surface area contributed by atoms with Crippen LogP contribution in [0.3, 0.4) is 0 Å². The van der Waals surface area contributed by atoms with Crippen molar-refractivity contribution in [1.82, 2.24) is 19.7 Å². The molecule has 2 aromatic heterocycles. The van der Waals surface area contributed by atoms with E-state index in [1.165, 1.54) is 29.6 Å². The molecule has 4 aromatic rings. The van der Waals surface area contributed by atoms with E-state index >= 15 is 0 Å². The molecule has 0 bridgehead atoms. The highest BCUT2D eigenvalue weighted by Gasteiger charge is 2.26. The van der Waals surface area contributed by atoms with E-state index in [9.17, 15) is 9.50 Å². The Hall–Kier alpha value is -3.99. The molecule has 1 aliphatic rings. The Morgan fingerprint density at radius 2 is 2.00 bits per heavy atom. The summed E-state index contributed by atoms with van der Waals surface area (Å²) in [6, 6.07) is 11.0. The SMILES string of the molecule is [C-]#[N+]c1cc(-c2nn(C3CCc4ccccc4C3)c3ncnc(N)c23)cc(O)c1F. The molecule has 1 unspecified atom stereocenters. The van der Waals surface area contributed by atoms with Gasteiger partial charge in [0.05, 0.1) is 18.0 Å². The number of aromatic hydroxyl groups is 1. The lowest BCUT2D eigenvalue weighted by atomic mass is 9.88. The molecule has 2 heterocycles. The Labute approximate surface area is 171 Å². The summed E-state index contributed by atoms with van der Waals surface area (Å²) in [4.78, 5) is 11.7. The van der Waals surface area contributed by atoms with Gasteiger partial charge in [-0.25, -0.2) is 23.9 Å². The Morgan fingerprint density at radius 3 is 2.80 bits per heavy atom. The molecule has 5 rings (SSSR count). The molecule has 1 aliphatic carbocycles. The van der Waals surface area contributed by atoms with Crippen molar-refractivity contribution in [1.29, 1.82) is 0 Å². The van der Waals surface area contributed by atoms with Crippen molar-refractivity contribution < 1.29 is 9.50 Å². The van der Waals surface area contributed by atoms with Gasteiger partial charge >= 0.3 is 0 Å². The van der Waals surface area contributed by atoms with Gasteiger partial charge in [0.2, 0.25) is 5.69 Å². The van der Waals surface area contributed by atoms with Gasteiger partial charge in [-0.3, -0.25) is 0 Å².